The van der Waals surface area contributed by atoms with Crippen molar-refractivity contribution < 1.29 is 0 Å². The second-order valence-corrected chi connectivity index (χ2v) is 9.03. The second kappa shape index (κ2) is 5.25. The molecule has 4 bridgehead atoms. The zero-order valence-electron chi connectivity index (χ0n) is 14.2. The van der Waals surface area contributed by atoms with E-state index in [1.54, 1.807) is 0 Å². The van der Waals surface area contributed by atoms with Crippen molar-refractivity contribution in [3.05, 3.63) is 50.6 Å². The van der Waals surface area contributed by atoms with Gasteiger partial charge in [0.2, 0.25) is 0 Å². The average Bonchev–Trinajstić information content (AvgIpc) is 2.36. The number of rotatable bonds is 8. The van der Waals surface area contributed by atoms with E-state index in [2.05, 4.69) is 50.6 Å². The fraction of sp³-hybridized carbons (Fsp3) is 0.636. The molecule has 22 heavy (non-hydrogen) atoms. The fourth-order valence-corrected chi connectivity index (χ4v) is 7.61. The van der Waals surface area contributed by atoms with Gasteiger partial charge in [-0.25, -0.2) is 0 Å². The molecule has 0 atom stereocenters. The van der Waals surface area contributed by atoms with Crippen LogP contribution in [0.4, 0.5) is 0 Å². The van der Waals surface area contributed by atoms with E-state index < -0.39 is 0 Å². The highest BCUT2D eigenvalue weighted by Crippen LogP contribution is 2.77. The van der Waals surface area contributed by atoms with Crippen LogP contribution in [0.15, 0.2) is 50.6 Å². The first-order valence-corrected chi connectivity index (χ1v) is 8.92. The van der Waals surface area contributed by atoms with Crippen LogP contribution in [0.1, 0.15) is 64.2 Å². The van der Waals surface area contributed by atoms with Crippen molar-refractivity contribution in [2.45, 2.75) is 64.2 Å². The summed E-state index contributed by atoms with van der Waals surface area (Å²) in [5, 5.41) is 0. The van der Waals surface area contributed by atoms with E-state index in [0.717, 1.165) is 0 Å². The third-order valence-electron chi connectivity index (χ3n) is 6.81. The molecule has 0 spiro atoms. The highest BCUT2D eigenvalue weighted by atomic mass is 14.7. The lowest BCUT2D eigenvalue weighted by Gasteiger charge is -2.71. The zero-order valence-corrected chi connectivity index (χ0v) is 14.2. The fourth-order valence-electron chi connectivity index (χ4n) is 7.61. The van der Waals surface area contributed by atoms with Gasteiger partial charge in [-0.15, -0.1) is 26.3 Å². The topological polar surface area (TPSA) is 0 Å². The maximum absolute atomic E-state index is 4.08. The Kier molecular flexibility index (Phi) is 3.78. The second-order valence-electron chi connectivity index (χ2n) is 9.03. The van der Waals surface area contributed by atoms with Gasteiger partial charge in [0.25, 0.3) is 0 Å². The van der Waals surface area contributed by atoms with Crippen molar-refractivity contribution in [2.24, 2.45) is 21.7 Å². The molecule has 4 fully saturated rings. The summed E-state index contributed by atoms with van der Waals surface area (Å²) >= 11 is 0. The Morgan fingerprint density at radius 1 is 0.455 bits per heavy atom. The van der Waals surface area contributed by atoms with E-state index in [1.165, 1.54) is 64.2 Å². The van der Waals surface area contributed by atoms with Crippen molar-refractivity contribution in [3.63, 3.8) is 0 Å². The van der Waals surface area contributed by atoms with Crippen molar-refractivity contribution in [3.8, 4) is 0 Å². The summed E-state index contributed by atoms with van der Waals surface area (Å²) in [5.41, 5.74) is 1.91. The van der Waals surface area contributed by atoms with Crippen LogP contribution in [0.5, 0.6) is 0 Å². The monoisotopic (exact) mass is 296 g/mol. The van der Waals surface area contributed by atoms with E-state index >= 15 is 0 Å². The normalized spacial score (nSPS) is 45.5. The maximum Gasteiger partial charge on any atom is -0.0247 e. The van der Waals surface area contributed by atoms with Crippen LogP contribution < -0.4 is 0 Å². The van der Waals surface area contributed by atoms with Crippen LogP contribution in [0.2, 0.25) is 0 Å². The SMILES string of the molecule is C=CCC12CC3(CC=C)CC(CC=C)(C1)CC(CC=C)(C2)C3. The maximum atomic E-state index is 4.08. The minimum absolute atomic E-state index is 0.478. The Balaban J connectivity index is 2.07. The van der Waals surface area contributed by atoms with Crippen molar-refractivity contribution in [2.75, 3.05) is 0 Å². The number of hydrogen-bond acceptors (Lipinski definition) is 0. The number of hydrogen-bond donors (Lipinski definition) is 0. The van der Waals surface area contributed by atoms with E-state index in [-0.39, 0.29) is 0 Å². The van der Waals surface area contributed by atoms with Crippen LogP contribution >= 0.6 is 0 Å². The minimum Gasteiger partial charge on any atom is -0.103 e. The van der Waals surface area contributed by atoms with Gasteiger partial charge in [-0.3, -0.25) is 0 Å². The van der Waals surface area contributed by atoms with Crippen molar-refractivity contribution >= 4 is 0 Å². The molecule has 4 aliphatic carbocycles. The van der Waals surface area contributed by atoms with E-state index in [0.29, 0.717) is 21.7 Å². The van der Waals surface area contributed by atoms with Gasteiger partial charge >= 0.3 is 0 Å². The van der Waals surface area contributed by atoms with Crippen LogP contribution in [-0.4, -0.2) is 0 Å². The molecule has 0 aromatic rings. The highest BCUT2D eigenvalue weighted by molar-refractivity contribution is 5.20. The van der Waals surface area contributed by atoms with Crippen LogP contribution in [0, 0.1) is 21.7 Å². The van der Waals surface area contributed by atoms with Gasteiger partial charge in [-0.05, 0) is 85.9 Å². The molecule has 0 radical (unpaired) electrons. The summed E-state index contributed by atoms with van der Waals surface area (Å²) in [7, 11) is 0. The Morgan fingerprint density at radius 2 is 0.636 bits per heavy atom. The molecule has 0 unspecified atom stereocenters. The summed E-state index contributed by atoms with van der Waals surface area (Å²) in [6.07, 6.45) is 21.8. The van der Waals surface area contributed by atoms with Crippen LogP contribution in [0.25, 0.3) is 0 Å². The minimum atomic E-state index is 0.478. The zero-order chi connectivity index (χ0) is 15.9. The summed E-state index contributed by atoms with van der Waals surface area (Å²) in [6, 6.07) is 0. The van der Waals surface area contributed by atoms with Gasteiger partial charge in [0.1, 0.15) is 0 Å². The van der Waals surface area contributed by atoms with E-state index in [9.17, 15) is 0 Å². The van der Waals surface area contributed by atoms with Gasteiger partial charge in [0, 0.05) is 0 Å². The Bertz CT molecular complexity index is 367. The molecule has 0 heteroatoms. The summed E-state index contributed by atoms with van der Waals surface area (Å²) < 4.78 is 0. The van der Waals surface area contributed by atoms with E-state index in [1.807, 2.05) is 0 Å². The summed E-state index contributed by atoms with van der Waals surface area (Å²) in [4.78, 5) is 0. The lowest BCUT2D eigenvalue weighted by molar-refractivity contribution is -0.198. The molecule has 0 nitrogen and oxygen atoms in total. The quantitative estimate of drug-likeness (QED) is 0.442. The molecule has 0 saturated heterocycles. The molecular weight excluding hydrogens is 264 g/mol. The van der Waals surface area contributed by atoms with E-state index in [4.69, 9.17) is 0 Å². The third kappa shape index (κ3) is 2.36. The predicted octanol–water partition coefficient (Wildman–Crippen LogP) is 6.62. The third-order valence-corrected chi connectivity index (χ3v) is 6.81. The first-order valence-electron chi connectivity index (χ1n) is 8.92. The lowest BCUT2D eigenvalue weighted by atomic mass is 9.33. The molecule has 0 amide bonds. The standard InChI is InChI=1S/C22H32/c1-5-9-19-13-20(10-6-2)16-21(14-19,11-7-3)18-22(15-19,17-20)12-8-4/h5-8H,1-4,9-18H2. The first-order chi connectivity index (χ1) is 10.5. The van der Waals surface area contributed by atoms with Gasteiger partial charge in [-0.1, -0.05) is 24.3 Å². The largest absolute Gasteiger partial charge is 0.103 e. The molecular formula is C22H32. The molecule has 0 N–H and O–H groups in total. The van der Waals surface area contributed by atoms with Crippen LogP contribution in [0.3, 0.4) is 0 Å². The van der Waals surface area contributed by atoms with Crippen LogP contribution in [-0.2, 0) is 0 Å². The van der Waals surface area contributed by atoms with Crippen molar-refractivity contribution in [1.29, 1.82) is 0 Å². The lowest BCUT2D eigenvalue weighted by Crippen LogP contribution is -2.60. The molecule has 0 heterocycles. The predicted molar refractivity (Wildman–Crippen MR) is 96.7 cm³/mol. The molecule has 4 aliphatic rings. The summed E-state index contributed by atoms with van der Waals surface area (Å²) in [5.74, 6) is 0. The Hall–Kier alpha value is -1.04. The highest BCUT2D eigenvalue weighted by Gasteiger charge is 2.66. The van der Waals surface area contributed by atoms with Gasteiger partial charge < -0.3 is 0 Å². The van der Waals surface area contributed by atoms with Crippen molar-refractivity contribution in [1.82, 2.24) is 0 Å². The molecule has 120 valence electrons. The Labute approximate surface area is 137 Å². The molecule has 0 aromatic heterocycles. The summed E-state index contributed by atoms with van der Waals surface area (Å²) in [6.45, 7) is 16.3. The van der Waals surface area contributed by atoms with Gasteiger partial charge in [-0.2, -0.15) is 0 Å². The molecule has 0 aliphatic heterocycles. The smallest absolute Gasteiger partial charge is 0.0247 e. The number of allylic oxidation sites excluding steroid dienone is 4. The Morgan fingerprint density at radius 3 is 0.773 bits per heavy atom. The average molecular weight is 296 g/mol. The molecule has 4 saturated carbocycles. The molecule has 0 aromatic carbocycles. The van der Waals surface area contributed by atoms with Gasteiger partial charge in [0.15, 0.2) is 0 Å². The molecule has 4 rings (SSSR count). The van der Waals surface area contributed by atoms with Gasteiger partial charge in [0.05, 0.1) is 0 Å². The first kappa shape index (κ1) is 15.8.